The Bertz CT molecular complexity index is 185. The molecule has 0 saturated carbocycles. The van der Waals surface area contributed by atoms with E-state index < -0.39 is 0 Å². The van der Waals surface area contributed by atoms with Crippen LogP contribution in [0.15, 0.2) is 0 Å². The minimum atomic E-state index is -0.175. The van der Waals surface area contributed by atoms with Gasteiger partial charge in [-0.3, -0.25) is 0 Å². The molecular formula is C14H31NO2. The third kappa shape index (κ3) is 8.58. The fourth-order valence-electron chi connectivity index (χ4n) is 2.13. The summed E-state index contributed by atoms with van der Waals surface area (Å²) in [7, 11) is 0. The molecule has 0 aliphatic heterocycles. The highest BCUT2D eigenvalue weighted by atomic mass is 16.5. The maximum atomic E-state index is 9.42. The molecule has 0 heterocycles. The summed E-state index contributed by atoms with van der Waals surface area (Å²) in [4.78, 5) is 0. The van der Waals surface area contributed by atoms with Gasteiger partial charge in [0.05, 0.1) is 12.7 Å². The Kier molecular flexibility index (Phi) is 8.83. The Morgan fingerprint density at radius 1 is 1.29 bits per heavy atom. The van der Waals surface area contributed by atoms with Crippen LogP contribution in [0.3, 0.4) is 0 Å². The molecule has 2 unspecified atom stereocenters. The summed E-state index contributed by atoms with van der Waals surface area (Å²) in [5, 5.41) is 12.8. The van der Waals surface area contributed by atoms with Crippen molar-refractivity contribution in [2.24, 2.45) is 0 Å². The van der Waals surface area contributed by atoms with E-state index in [0.29, 0.717) is 12.1 Å². The van der Waals surface area contributed by atoms with Gasteiger partial charge in [-0.1, -0.05) is 27.2 Å². The van der Waals surface area contributed by atoms with E-state index in [0.717, 1.165) is 25.9 Å². The predicted octanol–water partition coefficient (Wildman–Crippen LogP) is 2.72. The van der Waals surface area contributed by atoms with E-state index in [4.69, 9.17) is 4.74 Å². The van der Waals surface area contributed by atoms with Crippen LogP contribution in [0, 0.1) is 0 Å². The topological polar surface area (TPSA) is 41.5 Å². The van der Waals surface area contributed by atoms with Crippen LogP contribution >= 0.6 is 0 Å². The van der Waals surface area contributed by atoms with E-state index in [1.165, 1.54) is 6.42 Å². The van der Waals surface area contributed by atoms with Gasteiger partial charge in [-0.05, 0) is 33.1 Å². The van der Waals surface area contributed by atoms with E-state index in [9.17, 15) is 5.11 Å². The minimum absolute atomic E-state index is 0.175. The van der Waals surface area contributed by atoms with Gasteiger partial charge in [0.1, 0.15) is 0 Å². The highest BCUT2D eigenvalue weighted by Crippen LogP contribution is 2.13. The second-order valence-corrected chi connectivity index (χ2v) is 5.59. The summed E-state index contributed by atoms with van der Waals surface area (Å²) in [6.45, 7) is 11.5. The van der Waals surface area contributed by atoms with Crippen molar-refractivity contribution in [1.29, 1.82) is 0 Å². The highest BCUT2D eigenvalue weighted by molar-refractivity contribution is 4.83. The van der Waals surface area contributed by atoms with Crippen LogP contribution in [-0.2, 0) is 4.74 Å². The van der Waals surface area contributed by atoms with Crippen LogP contribution in [-0.4, -0.2) is 36.0 Å². The zero-order valence-electron chi connectivity index (χ0n) is 12.3. The summed E-state index contributed by atoms with van der Waals surface area (Å²) in [5.74, 6) is 0. The lowest BCUT2D eigenvalue weighted by Gasteiger charge is -2.31. The number of nitrogens with one attached hydrogen (secondary N) is 1. The van der Waals surface area contributed by atoms with E-state index in [-0.39, 0.29) is 12.1 Å². The molecule has 0 rings (SSSR count). The van der Waals surface area contributed by atoms with Crippen LogP contribution in [0.4, 0.5) is 0 Å². The third-order valence-corrected chi connectivity index (χ3v) is 2.96. The van der Waals surface area contributed by atoms with Crippen molar-refractivity contribution < 1.29 is 9.84 Å². The van der Waals surface area contributed by atoms with Gasteiger partial charge in [0, 0.05) is 18.2 Å². The third-order valence-electron chi connectivity index (χ3n) is 2.96. The standard InChI is InChI=1S/C14H31NO2/c1-6-8-13(4)17-10-7-9-14(5,11-16)15-12(2)3/h12-13,15-16H,6-11H2,1-5H3. The Morgan fingerprint density at radius 3 is 2.41 bits per heavy atom. The zero-order chi connectivity index (χ0) is 13.3. The molecule has 0 bridgehead atoms. The SMILES string of the molecule is CCCC(C)OCCCC(C)(CO)NC(C)C. The highest BCUT2D eigenvalue weighted by Gasteiger charge is 2.23. The first-order valence-corrected chi connectivity index (χ1v) is 6.93. The molecular weight excluding hydrogens is 214 g/mol. The van der Waals surface area contributed by atoms with Gasteiger partial charge in [-0.25, -0.2) is 0 Å². The van der Waals surface area contributed by atoms with Gasteiger partial charge in [0.2, 0.25) is 0 Å². The van der Waals surface area contributed by atoms with Crippen molar-refractivity contribution in [3.8, 4) is 0 Å². The molecule has 3 nitrogen and oxygen atoms in total. The molecule has 3 heteroatoms. The molecule has 17 heavy (non-hydrogen) atoms. The van der Waals surface area contributed by atoms with Crippen LogP contribution in [0.25, 0.3) is 0 Å². The maximum Gasteiger partial charge on any atom is 0.0610 e. The largest absolute Gasteiger partial charge is 0.394 e. The lowest BCUT2D eigenvalue weighted by molar-refractivity contribution is 0.0497. The molecule has 0 aromatic carbocycles. The molecule has 0 saturated heterocycles. The smallest absolute Gasteiger partial charge is 0.0610 e. The van der Waals surface area contributed by atoms with Crippen LogP contribution in [0.5, 0.6) is 0 Å². The van der Waals surface area contributed by atoms with Crippen LogP contribution < -0.4 is 5.32 Å². The van der Waals surface area contributed by atoms with Crippen molar-refractivity contribution in [2.75, 3.05) is 13.2 Å². The zero-order valence-corrected chi connectivity index (χ0v) is 12.3. The first-order chi connectivity index (χ1) is 7.93. The summed E-state index contributed by atoms with van der Waals surface area (Å²) in [5.41, 5.74) is -0.175. The van der Waals surface area contributed by atoms with Crippen LogP contribution in [0.1, 0.15) is 60.3 Å². The number of rotatable bonds is 10. The van der Waals surface area contributed by atoms with Crippen molar-refractivity contribution >= 4 is 0 Å². The number of aliphatic hydroxyl groups excluding tert-OH is 1. The number of ether oxygens (including phenoxy) is 1. The van der Waals surface area contributed by atoms with Crippen molar-refractivity contribution in [3.05, 3.63) is 0 Å². The normalized spacial score (nSPS) is 17.1. The monoisotopic (exact) mass is 245 g/mol. The Hall–Kier alpha value is -0.120. The second kappa shape index (κ2) is 8.90. The average Bonchev–Trinajstić information content (AvgIpc) is 2.24. The molecule has 0 aromatic heterocycles. The van der Waals surface area contributed by atoms with Crippen molar-refractivity contribution in [2.45, 2.75) is 78.0 Å². The first-order valence-electron chi connectivity index (χ1n) is 6.93. The van der Waals surface area contributed by atoms with Gasteiger partial charge < -0.3 is 15.2 Å². The summed E-state index contributed by atoms with van der Waals surface area (Å²) >= 11 is 0. The van der Waals surface area contributed by atoms with E-state index >= 15 is 0 Å². The van der Waals surface area contributed by atoms with E-state index in [2.05, 4.69) is 39.9 Å². The number of hydrogen-bond donors (Lipinski definition) is 2. The van der Waals surface area contributed by atoms with Crippen molar-refractivity contribution in [1.82, 2.24) is 5.32 Å². The van der Waals surface area contributed by atoms with Crippen LogP contribution in [0.2, 0.25) is 0 Å². The van der Waals surface area contributed by atoms with E-state index in [1.807, 2.05) is 0 Å². The molecule has 0 aromatic rings. The lowest BCUT2D eigenvalue weighted by atomic mass is 9.96. The predicted molar refractivity (Wildman–Crippen MR) is 73.3 cm³/mol. The minimum Gasteiger partial charge on any atom is -0.394 e. The Morgan fingerprint density at radius 2 is 1.94 bits per heavy atom. The molecule has 0 amide bonds. The molecule has 0 radical (unpaired) electrons. The van der Waals surface area contributed by atoms with Gasteiger partial charge in [-0.15, -0.1) is 0 Å². The summed E-state index contributed by atoms with van der Waals surface area (Å²) in [6, 6.07) is 0.395. The first kappa shape index (κ1) is 16.9. The molecule has 2 atom stereocenters. The Labute approximate surface area is 107 Å². The molecule has 104 valence electrons. The quantitative estimate of drug-likeness (QED) is 0.582. The maximum absolute atomic E-state index is 9.42. The lowest BCUT2D eigenvalue weighted by Crippen LogP contribution is -2.49. The molecule has 0 spiro atoms. The molecule has 2 N–H and O–H groups in total. The number of aliphatic hydroxyl groups is 1. The number of hydrogen-bond acceptors (Lipinski definition) is 3. The van der Waals surface area contributed by atoms with E-state index in [1.54, 1.807) is 0 Å². The Balaban J connectivity index is 3.76. The van der Waals surface area contributed by atoms with Crippen molar-refractivity contribution in [3.63, 3.8) is 0 Å². The second-order valence-electron chi connectivity index (χ2n) is 5.59. The fraction of sp³-hybridized carbons (Fsp3) is 1.00. The summed E-state index contributed by atoms with van der Waals surface area (Å²) < 4.78 is 5.72. The molecule has 0 aliphatic rings. The van der Waals surface area contributed by atoms with Gasteiger partial charge in [0.25, 0.3) is 0 Å². The molecule has 0 aliphatic carbocycles. The van der Waals surface area contributed by atoms with Gasteiger partial charge in [-0.2, -0.15) is 0 Å². The summed E-state index contributed by atoms with van der Waals surface area (Å²) in [6.07, 6.45) is 4.59. The molecule has 0 fully saturated rings. The van der Waals surface area contributed by atoms with Gasteiger partial charge in [0.15, 0.2) is 0 Å². The average molecular weight is 245 g/mol. The fourth-order valence-corrected chi connectivity index (χ4v) is 2.13. The van der Waals surface area contributed by atoms with Gasteiger partial charge >= 0.3 is 0 Å².